The lowest BCUT2D eigenvalue weighted by atomic mass is 10.2. The lowest BCUT2D eigenvalue weighted by molar-refractivity contribution is -0.121. The van der Waals surface area contributed by atoms with Crippen molar-refractivity contribution in [3.63, 3.8) is 0 Å². The highest BCUT2D eigenvalue weighted by atomic mass is 35.5. The van der Waals surface area contributed by atoms with Crippen LogP contribution in [0, 0.1) is 5.92 Å². The number of nitrogens with zero attached hydrogens (tertiary/aromatic N) is 2. The van der Waals surface area contributed by atoms with Gasteiger partial charge in [-0.2, -0.15) is 0 Å². The van der Waals surface area contributed by atoms with E-state index in [9.17, 15) is 4.79 Å². The van der Waals surface area contributed by atoms with Gasteiger partial charge in [-0.05, 0) is 12.8 Å². The Bertz CT molecular complexity index is 383. The van der Waals surface area contributed by atoms with Gasteiger partial charge in [0.15, 0.2) is 0 Å². The summed E-state index contributed by atoms with van der Waals surface area (Å²) in [5.41, 5.74) is 0. The molecule has 1 rings (SSSR count). The van der Waals surface area contributed by atoms with E-state index in [0.717, 1.165) is 0 Å². The number of nitrogens with one attached hydrogen (secondary N) is 2. The van der Waals surface area contributed by atoms with E-state index >= 15 is 0 Å². The first kappa shape index (κ1) is 13.7. The number of anilines is 1. The molecular formula is C11H17ClN4O. The molecule has 1 aromatic heterocycles. The Morgan fingerprint density at radius 1 is 1.41 bits per heavy atom. The van der Waals surface area contributed by atoms with E-state index in [1.165, 1.54) is 6.33 Å². The molecule has 1 heterocycles. The van der Waals surface area contributed by atoms with Crippen LogP contribution in [0.15, 0.2) is 12.4 Å². The number of hydrogen-bond acceptors (Lipinski definition) is 4. The minimum atomic E-state index is -0.361. The molecule has 0 bridgehead atoms. The largest absolute Gasteiger partial charge is 0.358 e. The highest BCUT2D eigenvalue weighted by molar-refractivity contribution is 6.29. The predicted molar refractivity (Wildman–Crippen MR) is 68.0 cm³/mol. The molecule has 1 atom stereocenters. The number of halogens is 1. The number of aromatic nitrogens is 2. The minimum Gasteiger partial charge on any atom is -0.358 e. The predicted octanol–water partition coefficient (Wildman–Crippen LogP) is 1.70. The van der Waals surface area contributed by atoms with Crippen molar-refractivity contribution < 1.29 is 4.79 Å². The Kier molecular flexibility index (Phi) is 5.15. The first-order valence-corrected chi connectivity index (χ1v) is 5.88. The third kappa shape index (κ3) is 4.99. The molecule has 94 valence electrons. The van der Waals surface area contributed by atoms with Gasteiger partial charge in [-0.3, -0.25) is 4.79 Å². The molecule has 0 radical (unpaired) electrons. The molecule has 1 amide bonds. The fourth-order valence-electron chi connectivity index (χ4n) is 1.16. The Balaban J connectivity index is 2.48. The van der Waals surface area contributed by atoms with E-state index in [-0.39, 0.29) is 11.9 Å². The molecule has 0 saturated heterocycles. The van der Waals surface area contributed by atoms with Crippen LogP contribution in [0.5, 0.6) is 0 Å². The Morgan fingerprint density at radius 2 is 2.12 bits per heavy atom. The standard InChI is InChI=1S/C11H17ClN4O/c1-7(2)5-13-11(17)8(3)16-10-4-9(12)14-6-15-10/h4,6-8H,5H2,1-3H3,(H,13,17)(H,14,15,16). The Labute approximate surface area is 106 Å². The first-order chi connectivity index (χ1) is 7.99. The number of rotatable bonds is 5. The maximum Gasteiger partial charge on any atom is 0.242 e. The monoisotopic (exact) mass is 256 g/mol. The van der Waals surface area contributed by atoms with Gasteiger partial charge in [0.1, 0.15) is 23.3 Å². The van der Waals surface area contributed by atoms with Crippen molar-refractivity contribution >= 4 is 23.3 Å². The van der Waals surface area contributed by atoms with Gasteiger partial charge in [-0.25, -0.2) is 9.97 Å². The summed E-state index contributed by atoms with van der Waals surface area (Å²) in [6.45, 7) is 6.52. The normalized spacial score (nSPS) is 12.3. The molecule has 17 heavy (non-hydrogen) atoms. The van der Waals surface area contributed by atoms with Gasteiger partial charge in [0.25, 0.3) is 0 Å². The van der Waals surface area contributed by atoms with Crippen LogP contribution in [0.4, 0.5) is 5.82 Å². The van der Waals surface area contributed by atoms with Crippen LogP contribution in [-0.2, 0) is 4.79 Å². The Morgan fingerprint density at radius 3 is 2.71 bits per heavy atom. The molecule has 0 aliphatic heterocycles. The smallest absolute Gasteiger partial charge is 0.242 e. The molecule has 0 aliphatic carbocycles. The molecule has 0 aromatic carbocycles. The van der Waals surface area contributed by atoms with Crippen LogP contribution >= 0.6 is 11.6 Å². The summed E-state index contributed by atoms with van der Waals surface area (Å²) in [4.78, 5) is 19.4. The van der Waals surface area contributed by atoms with Gasteiger partial charge in [-0.15, -0.1) is 0 Å². The topological polar surface area (TPSA) is 66.9 Å². The average molecular weight is 257 g/mol. The van der Waals surface area contributed by atoms with Crippen molar-refractivity contribution in [3.8, 4) is 0 Å². The van der Waals surface area contributed by atoms with Crippen LogP contribution in [0.2, 0.25) is 5.15 Å². The van der Waals surface area contributed by atoms with E-state index in [1.54, 1.807) is 13.0 Å². The van der Waals surface area contributed by atoms with Crippen molar-refractivity contribution in [2.45, 2.75) is 26.8 Å². The molecule has 0 saturated carbocycles. The number of carbonyl (C=O) groups is 1. The van der Waals surface area contributed by atoms with Crippen molar-refractivity contribution in [1.82, 2.24) is 15.3 Å². The van der Waals surface area contributed by atoms with E-state index in [1.807, 2.05) is 13.8 Å². The molecule has 0 fully saturated rings. The Hall–Kier alpha value is -1.36. The molecular weight excluding hydrogens is 240 g/mol. The fourth-order valence-corrected chi connectivity index (χ4v) is 1.30. The van der Waals surface area contributed by atoms with Gasteiger partial charge in [0.05, 0.1) is 0 Å². The second-order valence-corrected chi connectivity index (χ2v) is 4.62. The third-order valence-corrected chi connectivity index (χ3v) is 2.28. The van der Waals surface area contributed by atoms with Crippen LogP contribution in [0.1, 0.15) is 20.8 Å². The van der Waals surface area contributed by atoms with Crippen LogP contribution in [0.3, 0.4) is 0 Å². The summed E-state index contributed by atoms with van der Waals surface area (Å²) in [6.07, 6.45) is 1.35. The summed E-state index contributed by atoms with van der Waals surface area (Å²) in [6, 6.07) is 1.22. The summed E-state index contributed by atoms with van der Waals surface area (Å²) < 4.78 is 0. The maximum atomic E-state index is 11.7. The molecule has 1 unspecified atom stereocenters. The van der Waals surface area contributed by atoms with Gasteiger partial charge in [0, 0.05) is 12.6 Å². The number of amides is 1. The molecule has 0 aliphatic rings. The quantitative estimate of drug-likeness (QED) is 0.787. The average Bonchev–Trinajstić information content (AvgIpc) is 2.25. The molecule has 2 N–H and O–H groups in total. The van der Waals surface area contributed by atoms with E-state index in [0.29, 0.717) is 23.4 Å². The highest BCUT2D eigenvalue weighted by Crippen LogP contribution is 2.09. The zero-order chi connectivity index (χ0) is 12.8. The lowest BCUT2D eigenvalue weighted by Crippen LogP contribution is -2.39. The maximum absolute atomic E-state index is 11.7. The lowest BCUT2D eigenvalue weighted by Gasteiger charge is -2.15. The van der Waals surface area contributed by atoms with E-state index in [4.69, 9.17) is 11.6 Å². The SMILES string of the molecule is CC(C)CNC(=O)C(C)Nc1cc(Cl)ncn1. The zero-order valence-electron chi connectivity index (χ0n) is 10.2. The van der Waals surface area contributed by atoms with Gasteiger partial charge < -0.3 is 10.6 Å². The molecule has 0 spiro atoms. The van der Waals surface area contributed by atoms with Gasteiger partial charge >= 0.3 is 0 Å². The third-order valence-electron chi connectivity index (χ3n) is 2.08. The second kappa shape index (κ2) is 6.39. The summed E-state index contributed by atoms with van der Waals surface area (Å²) in [7, 11) is 0. The van der Waals surface area contributed by atoms with Crippen molar-refractivity contribution in [2.75, 3.05) is 11.9 Å². The zero-order valence-corrected chi connectivity index (χ0v) is 11.0. The minimum absolute atomic E-state index is 0.0616. The molecule has 6 heteroatoms. The van der Waals surface area contributed by atoms with Gasteiger partial charge in [-0.1, -0.05) is 25.4 Å². The summed E-state index contributed by atoms with van der Waals surface area (Å²) in [5.74, 6) is 0.908. The first-order valence-electron chi connectivity index (χ1n) is 5.51. The summed E-state index contributed by atoms with van der Waals surface area (Å²) >= 11 is 5.72. The number of hydrogen-bond donors (Lipinski definition) is 2. The number of carbonyl (C=O) groups excluding carboxylic acids is 1. The van der Waals surface area contributed by atoms with Crippen molar-refractivity contribution in [1.29, 1.82) is 0 Å². The summed E-state index contributed by atoms with van der Waals surface area (Å²) in [5, 5.41) is 6.14. The van der Waals surface area contributed by atoms with Gasteiger partial charge in [0.2, 0.25) is 5.91 Å². The fraction of sp³-hybridized carbons (Fsp3) is 0.545. The second-order valence-electron chi connectivity index (χ2n) is 4.23. The van der Waals surface area contributed by atoms with Crippen LogP contribution < -0.4 is 10.6 Å². The highest BCUT2D eigenvalue weighted by Gasteiger charge is 2.13. The van der Waals surface area contributed by atoms with E-state index < -0.39 is 0 Å². The molecule has 5 nitrogen and oxygen atoms in total. The van der Waals surface area contributed by atoms with Crippen molar-refractivity contribution in [3.05, 3.63) is 17.5 Å². The van der Waals surface area contributed by atoms with Crippen LogP contribution in [0.25, 0.3) is 0 Å². The van der Waals surface area contributed by atoms with Crippen LogP contribution in [-0.4, -0.2) is 28.5 Å². The van der Waals surface area contributed by atoms with E-state index in [2.05, 4.69) is 20.6 Å². The molecule has 1 aromatic rings. The van der Waals surface area contributed by atoms with Crippen molar-refractivity contribution in [2.24, 2.45) is 5.92 Å².